The quantitative estimate of drug-likeness (QED) is 0.332. The van der Waals surface area contributed by atoms with Crippen LogP contribution in [0.2, 0.25) is 0 Å². The smallest absolute Gasteiger partial charge is 0.224 e. The summed E-state index contributed by atoms with van der Waals surface area (Å²) in [5, 5.41) is 0. The fourth-order valence-corrected chi connectivity index (χ4v) is 5.47. The Morgan fingerprint density at radius 3 is 2.26 bits per heavy atom. The van der Waals surface area contributed by atoms with Gasteiger partial charge in [-0.1, -0.05) is 91.0 Å². The van der Waals surface area contributed by atoms with Crippen LogP contribution in [0.3, 0.4) is 0 Å². The lowest BCUT2D eigenvalue weighted by Gasteiger charge is -2.43. The number of hydrogen-bond acceptors (Lipinski definition) is 6. The van der Waals surface area contributed by atoms with Gasteiger partial charge in [0.05, 0.1) is 13.2 Å². The summed E-state index contributed by atoms with van der Waals surface area (Å²) in [7, 11) is 0. The molecule has 3 fully saturated rings. The zero-order chi connectivity index (χ0) is 26.7. The summed E-state index contributed by atoms with van der Waals surface area (Å²) in [5.41, 5.74) is 4.72. The Morgan fingerprint density at radius 2 is 1.54 bits per heavy atom. The largest absolute Gasteiger partial charge is 0.365 e. The first-order chi connectivity index (χ1) is 19.0. The van der Waals surface area contributed by atoms with Crippen molar-refractivity contribution in [1.29, 1.82) is 0 Å². The van der Waals surface area contributed by atoms with Crippen molar-refractivity contribution in [1.82, 2.24) is 0 Å². The van der Waals surface area contributed by atoms with Gasteiger partial charge in [0.15, 0.2) is 12.1 Å². The molecular weight excluding hydrogens is 492 g/mol. The molecule has 3 saturated heterocycles. The van der Waals surface area contributed by atoms with Crippen LogP contribution in [0.4, 0.5) is 0 Å². The molecule has 39 heavy (non-hydrogen) atoms. The normalized spacial score (nSPS) is 29.7. The third kappa shape index (κ3) is 6.02. The van der Waals surface area contributed by atoms with Gasteiger partial charge in [-0.15, -0.1) is 0 Å². The van der Waals surface area contributed by atoms with Gasteiger partial charge < -0.3 is 28.4 Å². The molecule has 0 bridgehead atoms. The van der Waals surface area contributed by atoms with Crippen LogP contribution in [0.5, 0.6) is 0 Å². The number of ether oxygens (including phenoxy) is 6. The lowest BCUT2D eigenvalue weighted by Crippen LogP contribution is -2.62. The second kappa shape index (κ2) is 11.3. The maximum absolute atomic E-state index is 6.53. The van der Waals surface area contributed by atoms with Crippen LogP contribution in [0.1, 0.15) is 31.4 Å². The highest BCUT2D eigenvalue weighted by Crippen LogP contribution is 2.44. The van der Waals surface area contributed by atoms with Gasteiger partial charge in [-0.05, 0) is 55.0 Å². The Morgan fingerprint density at radius 1 is 0.821 bits per heavy atom. The van der Waals surface area contributed by atoms with Crippen molar-refractivity contribution in [3.8, 4) is 11.1 Å². The van der Waals surface area contributed by atoms with E-state index in [1.54, 1.807) is 0 Å². The molecule has 3 aliphatic rings. The fraction of sp³-hybridized carbons (Fsp3) is 0.394. The zero-order valence-corrected chi connectivity index (χ0v) is 22.5. The minimum atomic E-state index is -1.05. The van der Waals surface area contributed by atoms with E-state index >= 15 is 0 Å². The molecule has 204 valence electrons. The van der Waals surface area contributed by atoms with Crippen molar-refractivity contribution in [3.63, 3.8) is 0 Å². The Labute approximate surface area is 230 Å². The monoisotopic (exact) mass is 528 g/mol. The minimum Gasteiger partial charge on any atom is -0.365 e. The molecule has 5 atom stereocenters. The van der Waals surface area contributed by atoms with E-state index in [2.05, 4.69) is 66.7 Å². The van der Waals surface area contributed by atoms with Crippen molar-refractivity contribution >= 4 is 0 Å². The highest BCUT2D eigenvalue weighted by Gasteiger charge is 2.62. The Hall–Kier alpha value is -2.84. The molecule has 0 N–H and O–H groups in total. The highest BCUT2D eigenvalue weighted by atomic mass is 16.9. The van der Waals surface area contributed by atoms with Crippen molar-refractivity contribution in [2.75, 3.05) is 13.2 Å². The SMILES string of the molecule is CC1(C)OC[C@]2(OC[C@H]3O[C@H](/C=C/CCc4ccccc4)O[C@H]3[C@@H]2OCc2ccc(-c3ccccc3)cc2)O1. The van der Waals surface area contributed by atoms with E-state index in [0.29, 0.717) is 13.2 Å². The van der Waals surface area contributed by atoms with E-state index in [-0.39, 0.29) is 18.8 Å². The highest BCUT2D eigenvalue weighted by molar-refractivity contribution is 5.63. The fourth-order valence-electron chi connectivity index (χ4n) is 5.47. The van der Waals surface area contributed by atoms with E-state index < -0.39 is 24.0 Å². The summed E-state index contributed by atoms with van der Waals surface area (Å²) in [4.78, 5) is 0. The summed E-state index contributed by atoms with van der Waals surface area (Å²) in [6, 6.07) is 29.2. The van der Waals surface area contributed by atoms with Crippen LogP contribution in [0, 0.1) is 0 Å². The lowest BCUT2D eigenvalue weighted by molar-refractivity contribution is -0.335. The van der Waals surface area contributed by atoms with Crippen LogP contribution in [0.15, 0.2) is 97.1 Å². The van der Waals surface area contributed by atoms with E-state index in [1.807, 2.05) is 44.2 Å². The van der Waals surface area contributed by atoms with Gasteiger partial charge in [0.25, 0.3) is 0 Å². The van der Waals surface area contributed by atoms with Gasteiger partial charge in [0.2, 0.25) is 5.79 Å². The van der Waals surface area contributed by atoms with Crippen molar-refractivity contribution in [2.45, 2.75) is 69.5 Å². The average molecular weight is 529 g/mol. The maximum Gasteiger partial charge on any atom is 0.224 e. The van der Waals surface area contributed by atoms with E-state index in [1.165, 1.54) is 16.7 Å². The van der Waals surface area contributed by atoms with Crippen LogP contribution in [-0.2, 0) is 41.4 Å². The summed E-state index contributed by atoms with van der Waals surface area (Å²) in [6.45, 7) is 4.78. The molecule has 0 saturated carbocycles. The van der Waals surface area contributed by atoms with Gasteiger partial charge in [-0.2, -0.15) is 0 Å². The first kappa shape index (κ1) is 26.4. The van der Waals surface area contributed by atoms with E-state index in [9.17, 15) is 0 Å². The number of allylic oxidation sites excluding steroid dienone is 1. The van der Waals surface area contributed by atoms with Crippen molar-refractivity contribution in [2.24, 2.45) is 0 Å². The third-order valence-corrected chi connectivity index (χ3v) is 7.46. The summed E-state index contributed by atoms with van der Waals surface area (Å²) >= 11 is 0. The molecule has 6 heteroatoms. The van der Waals surface area contributed by atoms with Crippen molar-refractivity contribution < 1.29 is 28.4 Å². The summed E-state index contributed by atoms with van der Waals surface area (Å²) in [5.74, 6) is -1.83. The Balaban J connectivity index is 1.13. The van der Waals surface area contributed by atoms with Crippen LogP contribution >= 0.6 is 0 Å². The first-order valence-corrected chi connectivity index (χ1v) is 13.8. The van der Waals surface area contributed by atoms with Gasteiger partial charge in [0.1, 0.15) is 24.9 Å². The molecule has 0 aromatic heterocycles. The average Bonchev–Trinajstić information content (AvgIpc) is 3.52. The van der Waals surface area contributed by atoms with Gasteiger partial charge in [-0.3, -0.25) is 0 Å². The zero-order valence-electron chi connectivity index (χ0n) is 22.5. The number of fused-ring (bicyclic) bond motifs is 1. The number of rotatable bonds is 8. The second-order valence-corrected chi connectivity index (χ2v) is 10.8. The minimum absolute atomic E-state index is 0.253. The number of benzene rings is 3. The van der Waals surface area contributed by atoms with Gasteiger partial charge in [0, 0.05) is 0 Å². The second-order valence-electron chi connectivity index (χ2n) is 10.8. The Bertz CT molecular complexity index is 1240. The predicted octanol–water partition coefficient (Wildman–Crippen LogP) is 6.05. The standard InChI is InChI=1S/C33H36O6/c1-32(2)36-23-33(39-32)31(34-21-25-17-19-27(20-18-25)26-14-7-4-8-15-26)30-28(22-35-33)37-29(38-30)16-10-9-13-24-11-5-3-6-12-24/h3-8,10-12,14-20,28-31H,9,13,21-23H2,1-2H3/b16-10+/t28-,29+,30-,31+,33+/m1/s1. The molecule has 1 spiro atoms. The predicted molar refractivity (Wildman–Crippen MR) is 148 cm³/mol. The molecule has 6 nitrogen and oxygen atoms in total. The molecule has 0 radical (unpaired) electrons. The molecular formula is C33H36O6. The number of aryl methyl sites for hydroxylation is 1. The summed E-state index contributed by atoms with van der Waals surface area (Å²) < 4.78 is 37.7. The third-order valence-electron chi connectivity index (χ3n) is 7.46. The Kier molecular flexibility index (Phi) is 7.67. The molecule has 3 heterocycles. The van der Waals surface area contributed by atoms with E-state index in [4.69, 9.17) is 28.4 Å². The van der Waals surface area contributed by atoms with Crippen LogP contribution in [-0.4, -0.2) is 49.4 Å². The van der Waals surface area contributed by atoms with Crippen molar-refractivity contribution in [3.05, 3.63) is 108 Å². The topological polar surface area (TPSA) is 55.4 Å². The maximum atomic E-state index is 6.53. The van der Waals surface area contributed by atoms with Gasteiger partial charge in [-0.25, -0.2) is 0 Å². The lowest BCUT2D eigenvalue weighted by atomic mass is 9.97. The van der Waals surface area contributed by atoms with Crippen LogP contribution < -0.4 is 0 Å². The molecule has 0 amide bonds. The molecule has 0 unspecified atom stereocenters. The van der Waals surface area contributed by atoms with E-state index in [0.717, 1.165) is 18.4 Å². The molecule has 3 aliphatic heterocycles. The number of hydrogen-bond donors (Lipinski definition) is 0. The van der Waals surface area contributed by atoms with Crippen LogP contribution in [0.25, 0.3) is 11.1 Å². The molecule has 3 aromatic carbocycles. The summed E-state index contributed by atoms with van der Waals surface area (Å²) in [6.07, 6.45) is 4.42. The molecule has 0 aliphatic carbocycles. The molecule has 3 aromatic rings. The first-order valence-electron chi connectivity index (χ1n) is 13.8. The van der Waals surface area contributed by atoms with Gasteiger partial charge >= 0.3 is 0 Å². The molecule has 6 rings (SSSR count).